The summed E-state index contributed by atoms with van der Waals surface area (Å²) in [6.07, 6.45) is -0.473. The molecule has 0 aromatic heterocycles. The van der Waals surface area contributed by atoms with Crippen LogP contribution in [0.1, 0.15) is 24.2 Å². The summed E-state index contributed by atoms with van der Waals surface area (Å²) in [5.41, 5.74) is -0.439. The standard InChI is InChI=1S/C13H17NO6S/c1-8-6-14(7-9(2)20-8)21(18,19)10-3-4-12(15)11(5-10)13(16)17/h3-5,8-9,15H,6-7H2,1-2H3,(H,16,17)/t8-,9-/m1/s1. The fourth-order valence-corrected chi connectivity index (χ4v) is 3.94. The number of morpholine rings is 1. The van der Waals surface area contributed by atoms with E-state index in [2.05, 4.69) is 0 Å². The predicted octanol–water partition coefficient (Wildman–Crippen LogP) is 0.888. The van der Waals surface area contributed by atoms with Gasteiger partial charge >= 0.3 is 5.97 Å². The minimum Gasteiger partial charge on any atom is -0.507 e. The normalized spacial score (nSPS) is 23.9. The molecule has 0 unspecified atom stereocenters. The van der Waals surface area contributed by atoms with Crippen LogP contribution in [0.5, 0.6) is 5.75 Å². The van der Waals surface area contributed by atoms with E-state index in [4.69, 9.17) is 9.84 Å². The van der Waals surface area contributed by atoms with E-state index in [1.54, 1.807) is 13.8 Å². The summed E-state index contributed by atoms with van der Waals surface area (Å²) in [4.78, 5) is 10.8. The zero-order chi connectivity index (χ0) is 15.8. The van der Waals surface area contributed by atoms with Crippen LogP contribution in [0, 0.1) is 0 Å². The number of hydrogen-bond donors (Lipinski definition) is 2. The molecule has 2 rings (SSSR count). The highest BCUT2D eigenvalue weighted by molar-refractivity contribution is 7.89. The molecule has 1 aromatic carbocycles. The predicted molar refractivity (Wildman–Crippen MR) is 73.8 cm³/mol. The first-order chi connectivity index (χ1) is 9.71. The Labute approximate surface area is 122 Å². The highest BCUT2D eigenvalue weighted by Crippen LogP contribution is 2.25. The molecule has 1 aliphatic heterocycles. The number of phenols is 1. The van der Waals surface area contributed by atoms with Crippen molar-refractivity contribution in [1.29, 1.82) is 0 Å². The number of carboxylic acids is 1. The number of carbonyl (C=O) groups is 1. The van der Waals surface area contributed by atoms with Gasteiger partial charge in [-0.3, -0.25) is 0 Å². The number of hydrogen-bond acceptors (Lipinski definition) is 5. The SMILES string of the molecule is C[C@@H]1CN(S(=O)(=O)c2ccc(O)c(C(=O)O)c2)C[C@@H](C)O1. The molecule has 0 spiro atoms. The van der Waals surface area contributed by atoms with Gasteiger partial charge in [0, 0.05) is 13.1 Å². The minimum absolute atomic E-state index is 0.154. The number of rotatable bonds is 3. The van der Waals surface area contributed by atoms with Gasteiger partial charge in [0.2, 0.25) is 10.0 Å². The molecule has 7 nitrogen and oxygen atoms in total. The third kappa shape index (κ3) is 3.17. The Morgan fingerprint density at radius 1 is 1.29 bits per heavy atom. The second-order valence-corrected chi connectivity index (χ2v) is 7.00. The van der Waals surface area contributed by atoms with Crippen LogP contribution < -0.4 is 0 Å². The molecule has 0 saturated carbocycles. The van der Waals surface area contributed by atoms with Crippen molar-refractivity contribution in [1.82, 2.24) is 4.31 Å². The van der Waals surface area contributed by atoms with Gasteiger partial charge in [0.1, 0.15) is 11.3 Å². The van der Waals surface area contributed by atoms with Crippen LogP contribution in [-0.2, 0) is 14.8 Å². The average Bonchev–Trinajstić information content (AvgIpc) is 2.37. The second kappa shape index (κ2) is 5.63. The molecule has 1 heterocycles. The van der Waals surface area contributed by atoms with Crippen LogP contribution in [0.15, 0.2) is 23.1 Å². The Morgan fingerprint density at radius 3 is 2.38 bits per heavy atom. The number of carboxylic acid groups (broad SMARTS) is 1. The maximum absolute atomic E-state index is 12.6. The zero-order valence-electron chi connectivity index (χ0n) is 11.7. The third-order valence-corrected chi connectivity index (χ3v) is 5.05. The first-order valence-electron chi connectivity index (χ1n) is 6.43. The molecular weight excluding hydrogens is 298 g/mol. The van der Waals surface area contributed by atoms with Crippen molar-refractivity contribution < 1.29 is 28.2 Å². The topological polar surface area (TPSA) is 104 Å². The maximum atomic E-state index is 12.6. The summed E-state index contributed by atoms with van der Waals surface area (Å²) in [6.45, 7) is 3.96. The highest BCUT2D eigenvalue weighted by atomic mass is 32.2. The Bertz CT molecular complexity index is 647. The first kappa shape index (κ1) is 15.7. The van der Waals surface area contributed by atoms with Crippen molar-refractivity contribution in [2.75, 3.05) is 13.1 Å². The number of aromatic hydroxyl groups is 1. The first-order valence-corrected chi connectivity index (χ1v) is 7.87. The Morgan fingerprint density at radius 2 is 1.86 bits per heavy atom. The molecule has 0 amide bonds. The fourth-order valence-electron chi connectivity index (χ4n) is 2.32. The molecular formula is C13H17NO6S. The van der Waals surface area contributed by atoms with E-state index in [1.165, 1.54) is 10.4 Å². The Balaban J connectivity index is 2.40. The van der Waals surface area contributed by atoms with Gasteiger partial charge in [-0.1, -0.05) is 0 Å². The Hall–Kier alpha value is -1.64. The van der Waals surface area contributed by atoms with Gasteiger partial charge in [0.05, 0.1) is 17.1 Å². The van der Waals surface area contributed by atoms with E-state index in [-0.39, 0.29) is 30.2 Å². The van der Waals surface area contributed by atoms with Crippen molar-refractivity contribution in [3.8, 4) is 5.75 Å². The van der Waals surface area contributed by atoms with E-state index in [1.807, 2.05) is 0 Å². The molecule has 2 atom stereocenters. The number of aromatic carboxylic acids is 1. The lowest BCUT2D eigenvalue weighted by molar-refractivity contribution is -0.0440. The van der Waals surface area contributed by atoms with Gasteiger partial charge in [0.25, 0.3) is 0 Å². The van der Waals surface area contributed by atoms with Crippen molar-refractivity contribution in [3.05, 3.63) is 23.8 Å². The molecule has 116 valence electrons. The largest absolute Gasteiger partial charge is 0.507 e. The van der Waals surface area contributed by atoms with Crippen LogP contribution >= 0.6 is 0 Å². The van der Waals surface area contributed by atoms with Crippen LogP contribution in [-0.4, -0.2) is 54.2 Å². The van der Waals surface area contributed by atoms with Gasteiger partial charge in [-0.05, 0) is 32.0 Å². The maximum Gasteiger partial charge on any atom is 0.339 e. The number of ether oxygens (including phenoxy) is 1. The van der Waals surface area contributed by atoms with Crippen molar-refractivity contribution in [2.45, 2.75) is 31.0 Å². The zero-order valence-corrected chi connectivity index (χ0v) is 12.5. The molecule has 1 saturated heterocycles. The van der Waals surface area contributed by atoms with Gasteiger partial charge in [0.15, 0.2) is 0 Å². The lowest BCUT2D eigenvalue weighted by Crippen LogP contribution is -2.48. The summed E-state index contributed by atoms with van der Waals surface area (Å²) < 4.78 is 31.9. The molecule has 21 heavy (non-hydrogen) atoms. The molecule has 0 bridgehead atoms. The number of nitrogens with zero attached hydrogens (tertiary/aromatic N) is 1. The van der Waals surface area contributed by atoms with Gasteiger partial charge < -0.3 is 14.9 Å². The summed E-state index contributed by atoms with van der Waals surface area (Å²) in [6, 6.07) is 3.24. The molecule has 1 aromatic rings. The molecule has 2 N–H and O–H groups in total. The van der Waals surface area contributed by atoms with E-state index < -0.39 is 27.3 Å². The smallest absolute Gasteiger partial charge is 0.339 e. The monoisotopic (exact) mass is 315 g/mol. The van der Waals surface area contributed by atoms with Crippen LogP contribution in [0.4, 0.5) is 0 Å². The van der Waals surface area contributed by atoms with Gasteiger partial charge in [-0.25, -0.2) is 13.2 Å². The van der Waals surface area contributed by atoms with Crippen molar-refractivity contribution in [3.63, 3.8) is 0 Å². The Kier molecular flexibility index (Phi) is 4.22. The van der Waals surface area contributed by atoms with E-state index >= 15 is 0 Å². The van der Waals surface area contributed by atoms with Crippen molar-refractivity contribution in [2.24, 2.45) is 0 Å². The van der Waals surface area contributed by atoms with Gasteiger partial charge in [-0.15, -0.1) is 0 Å². The number of sulfonamides is 1. The summed E-state index contributed by atoms with van der Waals surface area (Å²) >= 11 is 0. The average molecular weight is 315 g/mol. The highest BCUT2D eigenvalue weighted by Gasteiger charge is 2.32. The van der Waals surface area contributed by atoms with E-state index in [0.29, 0.717) is 0 Å². The second-order valence-electron chi connectivity index (χ2n) is 5.06. The molecule has 8 heteroatoms. The molecule has 0 radical (unpaired) electrons. The third-order valence-electron chi connectivity index (χ3n) is 3.22. The quantitative estimate of drug-likeness (QED) is 0.858. The van der Waals surface area contributed by atoms with Gasteiger partial charge in [-0.2, -0.15) is 4.31 Å². The summed E-state index contributed by atoms with van der Waals surface area (Å²) in [5, 5.41) is 18.4. The molecule has 0 aliphatic carbocycles. The fraction of sp³-hybridized carbons (Fsp3) is 0.462. The minimum atomic E-state index is -3.82. The van der Waals surface area contributed by atoms with E-state index in [0.717, 1.165) is 12.1 Å². The lowest BCUT2D eigenvalue weighted by atomic mass is 10.2. The molecule has 1 aliphatic rings. The van der Waals surface area contributed by atoms with Crippen molar-refractivity contribution >= 4 is 16.0 Å². The van der Waals surface area contributed by atoms with Crippen LogP contribution in [0.25, 0.3) is 0 Å². The number of benzene rings is 1. The lowest BCUT2D eigenvalue weighted by Gasteiger charge is -2.34. The van der Waals surface area contributed by atoms with Crippen LogP contribution in [0.3, 0.4) is 0 Å². The molecule has 1 fully saturated rings. The summed E-state index contributed by atoms with van der Waals surface area (Å²) in [5.74, 6) is -1.85. The van der Waals surface area contributed by atoms with E-state index in [9.17, 15) is 18.3 Å². The summed E-state index contributed by atoms with van der Waals surface area (Å²) in [7, 11) is -3.82. The van der Waals surface area contributed by atoms with Crippen LogP contribution in [0.2, 0.25) is 0 Å².